The second-order valence-corrected chi connectivity index (χ2v) is 11.9. The second kappa shape index (κ2) is 12.2. The minimum atomic E-state index is -0.508. The SMILES string of the molecule is C=CC(=O)N1CC(C)N(c2nc(=O)n(-c3c(C)ccnc3C(C)C)c3nc(-c4ccccc4NC(C)=O)c(Cl)cc23)CC1C. The summed E-state index contributed by atoms with van der Waals surface area (Å²) in [6.07, 6.45) is 3.05. The quantitative estimate of drug-likeness (QED) is 0.286. The van der Waals surface area contributed by atoms with Crippen LogP contribution in [-0.4, -0.2) is 61.4 Å². The summed E-state index contributed by atoms with van der Waals surface area (Å²) in [4.78, 5) is 56.8. The van der Waals surface area contributed by atoms with Gasteiger partial charge in [0, 0.05) is 43.9 Å². The molecule has 1 aromatic carbocycles. The number of anilines is 2. The van der Waals surface area contributed by atoms with Crippen molar-refractivity contribution in [3.63, 3.8) is 0 Å². The zero-order chi connectivity index (χ0) is 31.9. The first-order valence-corrected chi connectivity index (χ1v) is 15.0. The molecule has 0 spiro atoms. The fourth-order valence-electron chi connectivity index (χ4n) is 5.83. The van der Waals surface area contributed by atoms with E-state index in [0.29, 0.717) is 57.6 Å². The number of hydrogen-bond acceptors (Lipinski definition) is 7. The van der Waals surface area contributed by atoms with Gasteiger partial charge in [0.05, 0.1) is 33.2 Å². The van der Waals surface area contributed by atoms with Crippen molar-refractivity contribution < 1.29 is 9.59 Å². The molecule has 5 rings (SSSR count). The summed E-state index contributed by atoms with van der Waals surface area (Å²) in [6, 6.07) is 10.6. The van der Waals surface area contributed by atoms with Crippen molar-refractivity contribution in [3.05, 3.63) is 82.0 Å². The van der Waals surface area contributed by atoms with Gasteiger partial charge in [-0.2, -0.15) is 4.98 Å². The zero-order valence-corrected chi connectivity index (χ0v) is 26.5. The second-order valence-electron chi connectivity index (χ2n) is 11.5. The van der Waals surface area contributed by atoms with Gasteiger partial charge in [-0.1, -0.05) is 50.2 Å². The molecule has 1 fully saturated rings. The lowest BCUT2D eigenvalue weighted by atomic mass is 10.0. The number of nitrogens with one attached hydrogen (secondary N) is 1. The Balaban J connectivity index is 1.83. The van der Waals surface area contributed by atoms with Crippen molar-refractivity contribution in [2.75, 3.05) is 23.3 Å². The first-order valence-electron chi connectivity index (χ1n) is 14.6. The molecule has 1 saturated heterocycles. The smallest absolute Gasteiger partial charge is 0.349 e. The van der Waals surface area contributed by atoms with Crippen LogP contribution in [0.5, 0.6) is 0 Å². The molecular formula is C33H36ClN7O3. The Labute approximate surface area is 261 Å². The lowest BCUT2D eigenvalue weighted by Crippen LogP contribution is -2.58. The highest BCUT2D eigenvalue weighted by Crippen LogP contribution is 2.38. The van der Waals surface area contributed by atoms with E-state index in [4.69, 9.17) is 16.6 Å². The average molecular weight is 614 g/mol. The van der Waals surface area contributed by atoms with Crippen LogP contribution in [0.1, 0.15) is 51.8 Å². The Morgan fingerprint density at radius 2 is 1.84 bits per heavy atom. The van der Waals surface area contributed by atoms with E-state index < -0.39 is 5.69 Å². The Kier molecular flexibility index (Phi) is 8.56. The number of carbonyl (C=O) groups is 2. The number of aromatic nitrogens is 4. The Morgan fingerprint density at radius 3 is 2.52 bits per heavy atom. The maximum atomic E-state index is 14.2. The van der Waals surface area contributed by atoms with Crippen LogP contribution in [0.2, 0.25) is 5.02 Å². The largest absolute Gasteiger partial charge is 0.355 e. The molecule has 2 amide bonds. The van der Waals surface area contributed by atoms with Crippen LogP contribution in [0, 0.1) is 6.92 Å². The molecule has 10 nitrogen and oxygen atoms in total. The summed E-state index contributed by atoms with van der Waals surface area (Å²) in [5.41, 5.74) is 3.61. The van der Waals surface area contributed by atoms with Crippen molar-refractivity contribution in [2.24, 2.45) is 0 Å². The van der Waals surface area contributed by atoms with Gasteiger partial charge in [-0.15, -0.1) is 0 Å². The van der Waals surface area contributed by atoms with E-state index in [1.807, 2.05) is 63.8 Å². The van der Waals surface area contributed by atoms with E-state index in [-0.39, 0.29) is 29.8 Å². The van der Waals surface area contributed by atoms with Gasteiger partial charge in [0.2, 0.25) is 11.8 Å². The third kappa shape index (κ3) is 5.57. The fraction of sp³-hybridized carbons (Fsp3) is 0.333. The van der Waals surface area contributed by atoms with Gasteiger partial charge in [0.25, 0.3) is 0 Å². The van der Waals surface area contributed by atoms with Crippen molar-refractivity contribution in [2.45, 2.75) is 59.5 Å². The number of nitrogens with zero attached hydrogens (tertiary/aromatic N) is 6. The maximum Gasteiger partial charge on any atom is 0.355 e. The van der Waals surface area contributed by atoms with E-state index in [1.165, 1.54) is 17.6 Å². The number of para-hydroxylation sites is 1. The van der Waals surface area contributed by atoms with Gasteiger partial charge in [0.15, 0.2) is 5.65 Å². The number of piperazine rings is 1. The van der Waals surface area contributed by atoms with E-state index in [1.54, 1.807) is 23.2 Å². The summed E-state index contributed by atoms with van der Waals surface area (Å²) in [5, 5.41) is 3.76. The zero-order valence-electron chi connectivity index (χ0n) is 25.8. The van der Waals surface area contributed by atoms with Crippen LogP contribution in [0.4, 0.5) is 11.5 Å². The summed E-state index contributed by atoms with van der Waals surface area (Å²) < 4.78 is 1.52. The summed E-state index contributed by atoms with van der Waals surface area (Å²) in [6.45, 7) is 15.9. The third-order valence-electron chi connectivity index (χ3n) is 7.93. The summed E-state index contributed by atoms with van der Waals surface area (Å²) in [7, 11) is 0. The number of halogens is 1. The minimum absolute atomic E-state index is 0.00939. The predicted octanol–water partition coefficient (Wildman–Crippen LogP) is 5.50. The molecule has 11 heteroatoms. The highest BCUT2D eigenvalue weighted by atomic mass is 35.5. The van der Waals surface area contributed by atoms with E-state index in [9.17, 15) is 14.4 Å². The number of pyridine rings is 2. The third-order valence-corrected chi connectivity index (χ3v) is 8.22. The van der Waals surface area contributed by atoms with Gasteiger partial charge < -0.3 is 15.1 Å². The molecule has 2 atom stereocenters. The van der Waals surface area contributed by atoms with Crippen molar-refractivity contribution in [1.29, 1.82) is 0 Å². The van der Waals surface area contributed by atoms with Crippen LogP contribution in [0.15, 0.2) is 60.0 Å². The Bertz CT molecular complexity index is 1850. The van der Waals surface area contributed by atoms with E-state index >= 15 is 0 Å². The lowest BCUT2D eigenvalue weighted by molar-refractivity contribution is -0.128. The van der Waals surface area contributed by atoms with Gasteiger partial charge in [-0.3, -0.25) is 14.6 Å². The molecule has 1 aliphatic heterocycles. The number of fused-ring (bicyclic) bond motifs is 1. The molecule has 0 radical (unpaired) electrons. The van der Waals surface area contributed by atoms with Crippen molar-refractivity contribution in [3.8, 4) is 16.9 Å². The number of hydrogen-bond donors (Lipinski definition) is 1. The first-order chi connectivity index (χ1) is 20.9. The number of carbonyl (C=O) groups excluding carboxylic acids is 2. The maximum absolute atomic E-state index is 14.2. The molecule has 1 aliphatic rings. The molecule has 2 unspecified atom stereocenters. The molecular weight excluding hydrogens is 578 g/mol. The van der Waals surface area contributed by atoms with Crippen molar-refractivity contribution >= 4 is 46.0 Å². The van der Waals surface area contributed by atoms with Crippen LogP contribution >= 0.6 is 11.6 Å². The molecule has 4 aromatic rings. The van der Waals surface area contributed by atoms with Crippen molar-refractivity contribution in [1.82, 2.24) is 24.4 Å². The topological polar surface area (TPSA) is 113 Å². The summed E-state index contributed by atoms with van der Waals surface area (Å²) in [5.74, 6) is 0.0744. The van der Waals surface area contributed by atoms with Crippen LogP contribution in [0.25, 0.3) is 28.0 Å². The number of benzene rings is 1. The normalized spacial score (nSPS) is 16.8. The number of aryl methyl sites for hydroxylation is 1. The highest BCUT2D eigenvalue weighted by Gasteiger charge is 2.34. The predicted molar refractivity (Wildman–Crippen MR) is 175 cm³/mol. The van der Waals surface area contributed by atoms with Gasteiger partial charge in [-0.05, 0) is 56.5 Å². The summed E-state index contributed by atoms with van der Waals surface area (Å²) >= 11 is 6.97. The first kappa shape index (κ1) is 30.9. The molecule has 0 aliphatic carbocycles. The van der Waals surface area contributed by atoms with Crippen LogP contribution in [0.3, 0.4) is 0 Å². The van der Waals surface area contributed by atoms with Crippen LogP contribution in [-0.2, 0) is 9.59 Å². The molecule has 228 valence electrons. The molecule has 4 heterocycles. The van der Waals surface area contributed by atoms with Crippen LogP contribution < -0.4 is 15.9 Å². The molecule has 1 N–H and O–H groups in total. The number of amides is 2. The standard InChI is InChI=1S/C33H36ClN7O3/c1-8-27(43)39-16-21(6)40(17-20(39)5)31-24-15-25(34)29(23-11-9-10-12-26(23)36-22(7)42)37-32(24)41(33(44)38-31)30-19(4)13-14-35-28(30)18(2)3/h8-15,18,20-21H,1,16-17H2,2-7H3,(H,36,42). The molecule has 0 bridgehead atoms. The Morgan fingerprint density at radius 1 is 1.11 bits per heavy atom. The minimum Gasteiger partial charge on any atom is -0.349 e. The molecule has 0 saturated carbocycles. The number of rotatable bonds is 6. The fourth-order valence-corrected chi connectivity index (χ4v) is 6.09. The van der Waals surface area contributed by atoms with E-state index in [2.05, 4.69) is 21.9 Å². The lowest BCUT2D eigenvalue weighted by Gasteiger charge is -2.44. The molecule has 44 heavy (non-hydrogen) atoms. The van der Waals surface area contributed by atoms with E-state index in [0.717, 1.165) is 11.3 Å². The van der Waals surface area contributed by atoms with Gasteiger partial charge in [-0.25, -0.2) is 14.3 Å². The monoisotopic (exact) mass is 613 g/mol. The van der Waals surface area contributed by atoms with Gasteiger partial charge in [0.1, 0.15) is 5.82 Å². The van der Waals surface area contributed by atoms with Gasteiger partial charge >= 0.3 is 5.69 Å². The molecule has 3 aromatic heterocycles. The average Bonchev–Trinajstić information content (AvgIpc) is 2.97. The highest BCUT2D eigenvalue weighted by molar-refractivity contribution is 6.34. The Hall–Kier alpha value is -4.57.